The van der Waals surface area contributed by atoms with Crippen LogP contribution in [-0.2, 0) is 4.43 Å². The van der Waals surface area contributed by atoms with Crippen molar-refractivity contribution in [2.75, 3.05) is 6.61 Å². The average molecular weight is 394 g/mol. The molecule has 0 aliphatic carbocycles. The van der Waals surface area contributed by atoms with Crippen LogP contribution in [-0.4, -0.2) is 25.0 Å². The molecule has 28 heavy (non-hydrogen) atoms. The number of aliphatic hydroxyl groups excluding tert-OH is 1. The number of pyridine rings is 1. The normalized spacial score (nSPS) is 13.7. The fraction of sp³-hybridized carbons (Fsp3) is 0.375. The van der Waals surface area contributed by atoms with E-state index in [1.54, 1.807) is 0 Å². The molecular weight excluding hydrogens is 362 g/mol. The summed E-state index contributed by atoms with van der Waals surface area (Å²) in [6.07, 6.45) is -0.698. The molecule has 1 atom stereocenters. The first kappa shape index (κ1) is 20.7. The van der Waals surface area contributed by atoms with Crippen molar-refractivity contribution in [3.8, 4) is 11.3 Å². The molecule has 1 aromatic heterocycles. The maximum atomic E-state index is 10.9. The van der Waals surface area contributed by atoms with Gasteiger partial charge in [0.2, 0.25) is 0 Å². The third-order valence-electron chi connectivity index (χ3n) is 5.88. The molecule has 0 saturated heterocycles. The van der Waals surface area contributed by atoms with Gasteiger partial charge < -0.3 is 9.53 Å². The van der Waals surface area contributed by atoms with Gasteiger partial charge in [-0.2, -0.15) is 0 Å². The fourth-order valence-corrected chi connectivity index (χ4v) is 4.09. The van der Waals surface area contributed by atoms with Gasteiger partial charge in [-0.25, -0.2) is 4.98 Å². The van der Waals surface area contributed by atoms with Crippen molar-refractivity contribution in [3.63, 3.8) is 0 Å². The highest BCUT2D eigenvalue weighted by atomic mass is 28.4. The van der Waals surface area contributed by atoms with E-state index in [1.807, 2.05) is 30.3 Å². The van der Waals surface area contributed by atoms with Crippen molar-refractivity contribution in [2.24, 2.45) is 0 Å². The molecule has 3 aromatic rings. The number of fused-ring (bicyclic) bond motifs is 1. The zero-order chi connectivity index (χ0) is 20.5. The van der Waals surface area contributed by atoms with Crippen LogP contribution in [0.5, 0.6) is 0 Å². The van der Waals surface area contributed by atoms with Crippen molar-refractivity contribution in [1.82, 2.24) is 4.98 Å². The Hall–Kier alpha value is -2.01. The lowest BCUT2D eigenvalue weighted by atomic mass is 10.0. The van der Waals surface area contributed by atoms with Crippen molar-refractivity contribution in [3.05, 3.63) is 65.7 Å². The molecule has 1 N–H and O–H groups in total. The molecule has 0 fully saturated rings. The molecule has 0 aliphatic rings. The van der Waals surface area contributed by atoms with Gasteiger partial charge in [-0.15, -0.1) is 0 Å². The Balaban J connectivity index is 1.97. The minimum absolute atomic E-state index is 0.112. The minimum Gasteiger partial charge on any atom is -0.414 e. The third kappa shape index (κ3) is 4.19. The highest BCUT2D eigenvalue weighted by Crippen LogP contribution is 2.37. The topological polar surface area (TPSA) is 42.4 Å². The average Bonchev–Trinajstić information content (AvgIpc) is 2.65. The smallest absolute Gasteiger partial charge is 0.192 e. The molecule has 4 heteroatoms. The summed E-state index contributed by atoms with van der Waals surface area (Å²) in [7, 11) is -1.92. The van der Waals surface area contributed by atoms with E-state index in [4.69, 9.17) is 9.41 Å². The van der Waals surface area contributed by atoms with Gasteiger partial charge in [0.25, 0.3) is 0 Å². The van der Waals surface area contributed by atoms with E-state index >= 15 is 0 Å². The number of rotatable bonds is 5. The quantitative estimate of drug-likeness (QED) is 0.520. The summed E-state index contributed by atoms with van der Waals surface area (Å²) in [5.41, 5.74) is 4.84. The monoisotopic (exact) mass is 393 g/mol. The first-order valence-electron chi connectivity index (χ1n) is 9.88. The van der Waals surface area contributed by atoms with E-state index in [0.717, 1.165) is 33.3 Å². The lowest BCUT2D eigenvalue weighted by Gasteiger charge is -2.36. The predicted molar refractivity (Wildman–Crippen MR) is 120 cm³/mol. The number of aryl methyl sites for hydroxylation is 1. The van der Waals surface area contributed by atoms with Crippen LogP contribution in [0.4, 0.5) is 0 Å². The number of para-hydroxylation sites is 1. The van der Waals surface area contributed by atoms with Crippen molar-refractivity contribution >= 4 is 19.2 Å². The number of nitrogens with zero attached hydrogens (tertiary/aromatic N) is 1. The van der Waals surface area contributed by atoms with E-state index in [-0.39, 0.29) is 5.04 Å². The van der Waals surface area contributed by atoms with Gasteiger partial charge in [0.15, 0.2) is 8.32 Å². The van der Waals surface area contributed by atoms with Crippen LogP contribution in [0.25, 0.3) is 22.2 Å². The highest BCUT2D eigenvalue weighted by molar-refractivity contribution is 6.74. The van der Waals surface area contributed by atoms with Crippen molar-refractivity contribution < 1.29 is 9.53 Å². The van der Waals surface area contributed by atoms with Crippen LogP contribution in [0.2, 0.25) is 18.1 Å². The molecule has 0 bridgehead atoms. The largest absolute Gasteiger partial charge is 0.414 e. The second-order valence-electron chi connectivity index (χ2n) is 9.03. The Morgan fingerprint density at radius 2 is 1.71 bits per heavy atom. The summed E-state index contributed by atoms with van der Waals surface area (Å²) in [5, 5.41) is 12.1. The van der Waals surface area contributed by atoms with Crippen LogP contribution >= 0.6 is 0 Å². The zero-order valence-electron chi connectivity index (χ0n) is 17.8. The van der Waals surface area contributed by atoms with E-state index in [1.165, 1.54) is 0 Å². The van der Waals surface area contributed by atoms with Crippen molar-refractivity contribution in [2.45, 2.75) is 51.9 Å². The zero-order valence-corrected chi connectivity index (χ0v) is 18.8. The first-order valence-corrected chi connectivity index (χ1v) is 12.8. The number of benzene rings is 2. The number of hydrogen-bond acceptors (Lipinski definition) is 3. The van der Waals surface area contributed by atoms with Gasteiger partial charge in [-0.1, -0.05) is 69.3 Å². The Morgan fingerprint density at radius 1 is 1.04 bits per heavy atom. The third-order valence-corrected chi connectivity index (χ3v) is 10.4. The van der Waals surface area contributed by atoms with Crippen LogP contribution in [0.1, 0.15) is 38.0 Å². The van der Waals surface area contributed by atoms with Gasteiger partial charge in [0.05, 0.1) is 17.8 Å². The number of aliphatic hydroxyl groups is 1. The SMILES string of the molecule is Cc1cc2cccc([C@H](O)CO[Si](C)(C)C(C)(C)C)c2nc1-c1ccccc1. The van der Waals surface area contributed by atoms with E-state index in [0.29, 0.717) is 6.61 Å². The van der Waals surface area contributed by atoms with Gasteiger partial charge in [-0.3, -0.25) is 0 Å². The van der Waals surface area contributed by atoms with Crippen LogP contribution in [0.15, 0.2) is 54.6 Å². The maximum absolute atomic E-state index is 10.9. The Bertz CT molecular complexity index is 961. The summed E-state index contributed by atoms with van der Waals surface area (Å²) >= 11 is 0. The second-order valence-corrected chi connectivity index (χ2v) is 13.8. The Kier molecular flexibility index (Phi) is 5.76. The van der Waals surface area contributed by atoms with Gasteiger partial charge in [0.1, 0.15) is 6.10 Å². The lowest BCUT2D eigenvalue weighted by Crippen LogP contribution is -2.41. The molecule has 148 valence electrons. The first-order chi connectivity index (χ1) is 13.1. The number of aromatic nitrogens is 1. The van der Waals surface area contributed by atoms with Crippen LogP contribution < -0.4 is 0 Å². The molecule has 0 aliphatic heterocycles. The Morgan fingerprint density at radius 3 is 2.36 bits per heavy atom. The van der Waals surface area contributed by atoms with Crippen LogP contribution in [0.3, 0.4) is 0 Å². The van der Waals surface area contributed by atoms with E-state index in [2.05, 4.69) is 65.1 Å². The molecule has 0 spiro atoms. The standard InChI is InChI=1S/C24H31NO2Si/c1-17-15-19-13-10-14-20(21(26)16-27-28(5,6)24(2,3)4)23(19)25-22(17)18-11-8-7-9-12-18/h7-15,21,26H,16H2,1-6H3/t21-/m1/s1. The second kappa shape index (κ2) is 7.78. The minimum atomic E-state index is -1.92. The summed E-state index contributed by atoms with van der Waals surface area (Å²) < 4.78 is 6.26. The molecule has 3 nitrogen and oxygen atoms in total. The van der Waals surface area contributed by atoms with Crippen molar-refractivity contribution in [1.29, 1.82) is 0 Å². The van der Waals surface area contributed by atoms with Gasteiger partial charge >= 0.3 is 0 Å². The Labute approximate surface area is 169 Å². The molecule has 1 heterocycles. The summed E-state index contributed by atoms with van der Waals surface area (Å²) in [6, 6.07) is 18.3. The summed E-state index contributed by atoms with van der Waals surface area (Å²) in [4.78, 5) is 4.95. The molecule has 2 aromatic carbocycles. The van der Waals surface area contributed by atoms with Crippen LogP contribution in [0, 0.1) is 6.92 Å². The fourth-order valence-electron chi connectivity index (χ4n) is 3.08. The number of hydrogen-bond donors (Lipinski definition) is 1. The summed E-state index contributed by atoms with van der Waals surface area (Å²) in [6.45, 7) is 13.4. The van der Waals surface area contributed by atoms with Gasteiger partial charge in [-0.05, 0) is 36.7 Å². The van der Waals surface area contributed by atoms with Gasteiger partial charge in [0, 0.05) is 16.5 Å². The maximum Gasteiger partial charge on any atom is 0.192 e. The molecule has 0 amide bonds. The summed E-state index contributed by atoms with van der Waals surface area (Å²) in [5.74, 6) is 0. The molecule has 3 rings (SSSR count). The van der Waals surface area contributed by atoms with E-state index in [9.17, 15) is 5.11 Å². The molecular formula is C24H31NO2Si. The lowest BCUT2D eigenvalue weighted by molar-refractivity contribution is 0.101. The molecule has 0 unspecified atom stereocenters. The highest BCUT2D eigenvalue weighted by Gasteiger charge is 2.37. The van der Waals surface area contributed by atoms with E-state index < -0.39 is 14.4 Å². The molecule has 0 saturated carbocycles. The predicted octanol–water partition coefficient (Wildman–Crippen LogP) is 6.27. The molecule has 0 radical (unpaired) electrons.